The van der Waals surface area contributed by atoms with E-state index in [2.05, 4.69) is 25.1 Å². The summed E-state index contributed by atoms with van der Waals surface area (Å²) in [6.07, 6.45) is 5.59. The number of benzene rings is 2. The van der Waals surface area contributed by atoms with Gasteiger partial charge in [-0.1, -0.05) is 24.3 Å². The molecule has 6 atom stereocenters. The highest BCUT2D eigenvalue weighted by Crippen LogP contribution is 2.65. The summed E-state index contributed by atoms with van der Waals surface area (Å²) in [6, 6.07) is 13.3. The lowest BCUT2D eigenvalue weighted by Crippen LogP contribution is -2.40. The second kappa shape index (κ2) is 5.82. The molecule has 5 aliphatic rings. The Morgan fingerprint density at radius 3 is 2.10 bits per heavy atom. The first kappa shape index (κ1) is 17.0. The molecule has 2 aromatic carbocycles. The minimum atomic E-state index is -0.160. The fraction of sp³-hybridized carbons (Fsp3) is 0.360. The van der Waals surface area contributed by atoms with E-state index >= 15 is 0 Å². The number of anilines is 1. The van der Waals surface area contributed by atoms with E-state index in [1.165, 1.54) is 16.9 Å². The number of hydrogen-bond acceptors (Lipinski definition) is 3. The molecule has 0 unspecified atom stereocenters. The van der Waals surface area contributed by atoms with Crippen LogP contribution in [0.15, 0.2) is 54.6 Å². The fourth-order valence-corrected chi connectivity index (χ4v) is 5.84. The van der Waals surface area contributed by atoms with Crippen LogP contribution in [-0.2, 0) is 9.59 Å². The van der Waals surface area contributed by atoms with Crippen LogP contribution in [0.2, 0.25) is 0 Å². The van der Waals surface area contributed by atoms with Crippen LogP contribution in [0, 0.1) is 49.4 Å². The van der Waals surface area contributed by atoms with Crippen molar-refractivity contribution in [2.24, 2.45) is 35.5 Å². The van der Waals surface area contributed by atoms with Crippen molar-refractivity contribution in [3.63, 3.8) is 0 Å². The zero-order valence-electron chi connectivity index (χ0n) is 16.5. The number of hydrogen-bond donors (Lipinski definition) is 0. The maximum absolute atomic E-state index is 13.2. The SMILES string of the molecule is Cc1cccc(Oc2ccc(N3C(=O)[C@@H]4[C@H]5C=C[C@H]([C@H]6C[C@@H]56)[C@@H]4C3=O)cc2)c1C. The van der Waals surface area contributed by atoms with Gasteiger partial charge in [-0.25, -0.2) is 0 Å². The van der Waals surface area contributed by atoms with Crippen LogP contribution in [-0.4, -0.2) is 11.8 Å². The van der Waals surface area contributed by atoms with Gasteiger partial charge >= 0.3 is 0 Å². The predicted molar refractivity (Wildman–Crippen MR) is 110 cm³/mol. The smallest absolute Gasteiger partial charge is 0.238 e. The van der Waals surface area contributed by atoms with E-state index in [9.17, 15) is 9.59 Å². The largest absolute Gasteiger partial charge is 0.457 e. The maximum Gasteiger partial charge on any atom is 0.238 e. The number of carbonyl (C=O) groups is 2. The van der Waals surface area contributed by atoms with Crippen molar-refractivity contribution >= 4 is 17.5 Å². The van der Waals surface area contributed by atoms with Gasteiger partial charge in [-0.2, -0.15) is 0 Å². The van der Waals surface area contributed by atoms with Crippen molar-refractivity contribution in [3.8, 4) is 11.5 Å². The van der Waals surface area contributed by atoms with Crippen LogP contribution in [0.5, 0.6) is 11.5 Å². The van der Waals surface area contributed by atoms with Gasteiger partial charge in [0.2, 0.25) is 11.8 Å². The number of amides is 2. The molecule has 29 heavy (non-hydrogen) atoms. The molecule has 0 spiro atoms. The van der Waals surface area contributed by atoms with E-state index in [1.807, 2.05) is 43.3 Å². The Bertz CT molecular complexity index is 1030. The van der Waals surface area contributed by atoms with E-state index in [0.717, 1.165) is 11.3 Å². The Balaban J connectivity index is 1.27. The molecule has 4 heteroatoms. The molecule has 146 valence electrons. The summed E-state index contributed by atoms with van der Waals surface area (Å²) in [4.78, 5) is 27.8. The summed E-state index contributed by atoms with van der Waals surface area (Å²) >= 11 is 0. The molecule has 1 saturated heterocycles. The average molecular weight is 385 g/mol. The summed E-state index contributed by atoms with van der Waals surface area (Å²) in [5.74, 6) is 2.90. The molecule has 4 aliphatic carbocycles. The molecule has 3 fully saturated rings. The average Bonchev–Trinajstić information content (AvgIpc) is 3.50. The molecular formula is C25H23NO3. The summed E-state index contributed by atoms with van der Waals surface area (Å²) in [7, 11) is 0. The standard InChI is InChI=1S/C25H23NO3/c1-13-4-3-5-21(14(13)2)29-16-8-6-15(7-9-16)26-24(27)22-17-10-11-18(20-12-19(17)20)23(22)25(26)28/h3-11,17-20,22-23H,12H2,1-2H3/t17-,18+,19-,20+,22+,23-. The van der Waals surface area contributed by atoms with E-state index in [0.29, 0.717) is 23.3 Å². The lowest BCUT2D eigenvalue weighted by atomic mass is 9.63. The van der Waals surface area contributed by atoms with Crippen molar-refractivity contribution in [3.05, 3.63) is 65.7 Å². The Morgan fingerprint density at radius 1 is 0.862 bits per heavy atom. The fourth-order valence-electron chi connectivity index (χ4n) is 5.84. The second-order valence-electron chi connectivity index (χ2n) is 8.96. The highest BCUT2D eigenvalue weighted by Gasteiger charge is 2.67. The van der Waals surface area contributed by atoms with Crippen LogP contribution >= 0.6 is 0 Å². The third-order valence-electron chi connectivity index (χ3n) is 7.54. The number of aryl methyl sites for hydroxylation is 1. The molecule has 0 N–H and O–H groups in total. The minimum Gasteiger partial charge on any atom is -0.457 e. The van der Waals surface area contributed by atoms with Crippen LogP contribution in [0.1, 0.15) is 17.5 Å². The summed E-state index contributed by atoms with van der Waals surface area (Å²) in [5.41, 5.74) is 2.93. The van der Waals surface area contributed by atoms with Crippen molar-refractivity contribution in [2.75, 3.05) is 4.90 Å². The van der Waals surface area contributed by atoms with Gasteiger partial charge in [0.25, 0.3) is 0 Å². The number of allylic oxidation sites excluding steroid dienone is 2. The molecule has 2 amide bonds. The molecule has 2 bridgehead atoms. The van der Waals surface area contributed by atoms with Crippen molar-refractivity contribution in [2.45, 2.75) is 20.3 Å². The second-order valence-corrected chi connectivity index (χ2v) is 8.96. The van der Waals surface area contributed by atoms with Gasteiger partial charge in [-0.3, -0.25) is 14.5 Å². The van der Waals surface area contributed by atoms with Gasteiger partial charge in [0, 0.05) is 0 Å². The molecule has 0 aromatic heterocycles. The van der Waals surface area contributed by atoms with Gasteiger partial charge in [0.05, 0.1) is 17.5 Å². The zero-order chi connectivity index (χ0) is 19.9. The molecule has 4 nitrogen and oxygen atoms in total. The summed E-state index contributed by atoms with van der Waals surface area (Å²) in [6.45, 7) is 4.09. The van der Waals surface area contributed by atoms with Gasteiger partial charge in [0.15, 0.2) is 0 Å². The number of imide groups is 1. The number of ether oxygens (including phenoxy) is 1. The van der Waals surface area contributed by atoms with Gasteiger partial charge < -0.3 is 4.74 Å². The van der Waals surface area contributed by atoms with Crippen molar-refractivity contribution < 1.29 is 14.3 Å². The lowest BCUT2D eigenvalue weighted by molar-refractivity contribution is -0.124. The monoisotopic (exact) mass is 385 g/mol. The first-order chi connectivity index (χ1) is 14.0. The molecule has 7 rings (SSSR count). The van der Waals surface area contributed by atoms with Crippen molar-refractivity contribution in [1.82, 2.24) is 0 Å². The molecule has 1 aliphatic heterocycles. The number of carbonyl (C=O) groups excluding carboxylic acids is 2. The number of nitrogens with zero attached hydrogens (tertiary/aromatic N) is 1. The highest BCUT2D eigenvalue weighted by molar-refractivity contribution is 6.22. The first-order valence-electron chi connectivity index (χ1n) is 10.4. The normalized spacial score (nSPS) is 33.7. The van der Waals surface area contributed by atoms with Gasteiger partial charge in [0.1, 0.15) is 11.5 Å². The Labute approximate surface area is 170 Å². The number of rotatable bonds is 3. The van der Waals surface area contributed by atoms with Crippen LogP contribution in [0.4, 0.5) is 5.69 Å². The third-order valence-corrected chi connectivity index (χ3v) is 7.54. The minimum absolute atomic E-state index is 0.0205. The van der Waals surface area contributed by atoms with Crippen LogP contribution < -0.4 is 9.64 Å². The maximum atomic E-state index is 13.2. The van der Waals surface area contributed by atoms with E-state index in [1.54, 1.807) is 0 Å². The molecular weight excluding hydrogens is 362 g/mol. The lowest BCUT2D eigenvalue weighted by Gasteiger charge is -2.37. The van der Waals surface area contributed by atoms with Gasteiger partial charge in [-0.05, 0) is 85.4 Å². The van der Waals surface area contributed by atoms with E-state index < -0.39 is 0 Å². The Kier molecular flexibility index (Phi) is 3.41. The Hall–Kier alpha value is -2.88. The summed E-state index contributed by atoms with van der Waals surface area (Å²) in [5, 5.41) is 0. The van der Waals surface area contributed by atoms with Crippen LogP contribution in [0.25, 0.3) is 0 Å². The highest BCUT2D eigenvalue weighted by atomic mass is 16.5. The third kappa shape index (κ3) is 2.32. The van der Waals surface area contributed by atoms with Crippen molar-refractivity contribution in [1.29, 1.82) is 0 Å². The predicted octanol–water partition coefficient (Wildman–Crippen LogP) is 4.65. The summed E-state index contributed by atoms with van der Waals surface area (Å²) < 4.78 is 6.02. The van der Waals surface area contributed by atoms with Gasteiger partial charge in [-0.15, -0.1) is 0 Å². The zero-order valence-corrected chi connectivity index (χ0v) is 16.5. The molecule has 0 radical (unpaired) electrons. The molecule has 2 saturated carbocycles. The van der Waals surface area contributed by atoms with E-state index in [4.69, 9.17) is 4.74 Å². The van der Waals surface area contributed by atoms with Crippen LogP contribution in [0.3, 0.4) is 0 Å². The topological polar surface area (TPSA) is 46.6 Å². The Morgan fingerprint density at radius 2 is 1.48 bits per heavy atom. The quantitative estimate of drug-likeness (QED) is 0.571. The molecule has 1 heterocycles. The molecule has 2 aromatic rings. The first-order valence-corrected chi connectivity index (χ1v) is 10.4. The van der Waals surface area contributed by atoms with E-state index in [-0.39, 0.29) is 35.5 Å².